The minimum absolute atomic E-state index is 0.310. The van der Waals surface area contributed by atoms with E-state index in [4.69, 9.17) is 15.6 Å². The highest BCUT2D eigenvalue weighted by molar-refractivity contribution is 7.98. The third-order valence-electron chi connectivity index (χ3n) is 2.98. The molecule has 0 aliphatic carbocycles. The van der Waals surface area contributed by atoms with Crippen LogP contribution in [-0.2, 0) is 0 Å². The standard InChI is InChI=1S/C15H17N3O3S/c1-3-18(15(19)20)14-9-11(6-7-17-14)21-10-4-5-12(16)13(8-10)22-2/h4-9H,3,16H2,1-2H3,(H,19,20). The highest BCUT2D eigenvalue weighted by atomic mass is 32.2. The molecule has 116 valence electrons. The zero-order valence-electron chi connectivity index (χ0n) is 12.3. The summed E-state index contributed by atoms with van der Waals surface area (Å²) in [5, 5.41) is 9.13. The van der Waals surface area contributed by atoms with Gasteiger partial charge in [0.2, 0.25) is 0 Å². The summed E-state index contributed by atoms with van der Waals surface area (Å²) < 4.78 is 5.76. The number of nitrogens with zero attached hydrogens (tertiary/aromatic N) is 2. The Morgan fingerprint density at radius 1 is 1.36 bits per heavy atom. The van der Waals surface area contributed by atoms with E-state index in [1.54, 1.807) is 31.2 Å². The van der Waals surface area contributed by atoms with E-state index < -0.39 is 6.09 Å². The molecule has 1 heterocycles. The number of hydrogen-bond acceptors (Lipinski definition) is 5. The number of carboxylic acid groups (broad SMARTS) is 1. The molecule has 7 heteroatoms. The molecular formula is C15H17N3O3S. The van der Waals surface area contributed by atoms with Gasteiger partial charge in [0.05, 0.1) is 0 Å². The lowest BCUT2D eigenvalue weighted by atomic mass is 10.3. The van der Waals surface area contributed by atoms with Crippen molar-refractivity contribution in [1.82, 2.24) is 4.98 Å². The highest BCUT2D eigenvalue weighted by Crippen LogP contribution is 2.30. The monoisotopic (exact) mass is 319 g/mol. The second-order valence-electron chi connectivity index (χ2n) is 4.38. The number of pyridine rings is 1. The van der Waals surface area contributed by atoms with Crippen LogP contribution in [0.4, 0.5) is 16.3 Å². The van der Waals surface area contributed by atoms with Crippen molar-refractivity contribution in [2.24, 2.45) is 0 Å². The summed E-state index contributed by atoms with van der Waals surface area (Å²) >= 11 is 1.53. The molecule has 2 aromatic rings. The lowest BCUT2D eigenvalue weighted by molar-refractivity contribution is 0.202. The molecule has 0 radical (unpaired) electrons. The van der Waals surface area contributed by atoms with Crippen LogP contribution in [0.1, 0.15) is 6.92 Å². The fraction of sp³-hybridized carbons (Fsp3) is 0.200. The van der Waals surface area contributed by atoms with E-state index in [9.17, 15) is 4.79 Å². The van der Waals surface area contributed by atoms with Crippen LogP contribution in [0.2, 0.25) is 0 Å². The first-order valence-corrected chi connectivity index (χ1v) is 7.85. The average Bonchev–Trinajstić information content (AvgIpc) is 2.50. The molecule has 1 aromatic heterocycles. The van der Waals surface area contributed by atoms with Crippen molar-refractivity contribution in [2.45, 2.75) is 11.8 Å². The molecule has 0 unspecified atom stereocenters. The summed E-state index contributed by atoms with van der Waals surface area (Å²) in [7, 11) is 0. The van der Waals surface area contributed by atoms with Crippen molar-refractivity contribution in [3.8, 4) is 11.5 Å². The molecule has 3 N–H and O–H groups in total. The van der Waals surface area contributed by atoms with Crippen molar-refractivity contribution < 1.29 is 14.6 Å². The number of benzene rings is 1. The van der Waals surface area contributed by atoms with Crippen LogP contribution in [0, 0.1) is 0 Å². The molecule has 0 fully saturated rings. The molecule has 0 bridgehead atoms. The largest absolute Gasteiger partial charge is 0.465 e. The van der Waals surface area contributed by atoms with Crippen molar-refractivity contribution in [3.63, 3.8) is 0 Å². The predicted octanol–water partition coefficient (Wildman–Crippen LogP) is 3.68. The van der Waals surface area contributed by atoms with Gasteiger partial charge in [0.25, 0.3) is 0 Å². The van der Waals surface area contributed by atoms with E-state index in [0.717, 1.165) is 9.80 Å². The molecule has 1 amide bonds. The van der Waals surface area contributed by atoms with E-state index >= 15 is 0 Å². The SMILES string of the molecule is CCN(C(=O)O)c1cc(Oc2ccc(N)c(SC)c2)ccn1. The number of aromatic nitrogens is 1. The lowest BCUT2D eigenvalue weighted by Crippen LogP contribution is -2.29. The van der Waals surface area contributed by atoms with Crippen molar-refractivity contribution >= 4 is 29.4 Å². The summed E-state index contributed by atoms with van der Waals surface area (Å²) in [5.74, 6) is 1.48. The number of nitrogens with two attached hydrogens (primary N) is 1. The van der Waals surface area contributed by atoms with Crippen LogP contribution < -0.4 is 15.4 Å². The maximum absolute atomic E-state index is 11.2. The van der Waals surface area contributed by atoms with Gasteiger partial charge in [-0.2, -0.15) is 0 Å². The molecule has 6 nitrogen and oxygen atoms in total. The number of ether oxygens (including phenoxy) is 1. The topological polar surface area (TPSA) is 88.7 Å². The molecule has 0 atom stereocenters. The first kappa shape index (κ1) is 16.0. The van der Waals surface area contributed by atoms with Crippen molar-refractivity contribution in [2.75, 3.05) is 23.4 Å². The summed E-state index contributed by atoms with van der Waals surface area (Å²) in [6.45, 7) is 2.05. The minimum atomic E-state index is -1.05. The first-order chi connectivity index (χ1) is 10.5. The van der Waals surface area contributed by atoms with Gasteiger partial charge in [0.15, 0.2) is 0 Å². The van der Waals surface area contributed by atoms with Gasteiger partial charge < -0.3 is 15.6 Å². The van der Waals surface area contributed by atoms with Crippen LogP contribution in [0.25, 0.3) is 0 Å². The van der Waals surface area contributed by atoms with Crippen LogP contribution in [-0.4, -0.2) is 29.0 Å². The minimum Gasteiger partial charge on any atom is -0.465 e. The van der Waals surface area contributed by atoms with Gasteiger partial charge in [-0.15, -0.1) is 11.8 Å². The fourth-order valence-electron chi connectivity index (χ4n) is 1.90. The second kappa shape index (κ2) is 7.04. The zero-order valence-corrected chi connectivity index (χ0v) is 13.1. The number of amides is 1. The van der Waals surface area contributed by atoms with E-state index in [-0.39, 0.29) is 0 Å². The van der Waals surface area contributed by atoms with Gasteiger partial charge in [-0.05, 0) is 37.4 Å². The summed E-state index contributed by atoms with van der Waals surface area (Å²) in [6.07, 6.45) is 2.40. The van der Waals surface area contributed by atoms with Gasteiger partial charge in [0, 0.05) is 29.4 Å². The quantitative estimate of drug-likeness (QED) is 0.645. The maximum Gasteiger partial charge on any atom is 0.413 e. The molecule has 0 saturated carbocycles. The number of rotatable bonds is 5. The van der Waals surface area contributed by atoms with Crippen LogP contribution in [0.3, 0.4) is 0 Å². The number of carbonyl (C=O) groups is 1. The Labute approximate surface area is 132 Å². The molecule has 0 saturated heterocycles. The van der Waals surface area contributed by atoms with E-state index in [0.29, 0.717) is 29.5 Å². The Balaban J connectivity index is 2.25. The Kier molecular flexibility index (Phi) is 5.11. The van der Waals surface area contributed by atoms with Crippen LogP contribution in [0.15, 0.2) is 41.4 Å². The smallest absolute Gasteiger partial charge is 0.413 e. The van der Waals surface area contributed by atoms with Crippen molar-refractivity contribution in [1.29, 1.82) is 0 Å². The summed E-state index contributed by atoms with van der Waals surface area (Å²) in [6, 6.07) is 8.65. The third-order valence-corrected chi connectivity index (χ3v) is 3.77. The van der Waals surface area contributed by atoms with Gasteiger partial charge in [-0.25, -0.2) is 9.78 Å². The zero-order chi connectivity index (χ0) is 16.1. The number of hydrogen-bond donors (Lipinski definition) is 2. The third kappa shape index (κ3) is 3.62. The van der Waals surface area contributed by atoms with Gasteiger partial charge in [0.1, 0.15) is 17.3 Å². The van der Waals surface area contributed by atoms with Crippen molar-refractivity contribution in [3.05, 3.63) is 36.5 Å². The van der Waals surface area contributed by atoms with Gasteiger partial charge in [-0.1, -0.05) is 0 Å². The molecule has 0 aliphatic heterocycles. The van der Waals surface area contributed by atoms with E-state index in [2.05, 4.69) is 4.98 Å². The Bertz CT molecular complexity index is 679. The van der Waals surface area contributed by atoms with E-state index in [1.807, 2.05) is 12.3 Å². The average molecular weight is 319 g/mol. The van der Waals surface area contributed by atoms with Crippen LogP contribution >= 0.6 is 11.8 Å². The Morgan fingerprint density at radius 3 is 2.73 bits per heavy atom. The number of nitrogen functional groups attached to an aromatic ring is 1. The molecule has 22 heavy (non-hydrogen) atoms. The highest BCUT2D eigenvalue weighted by Gasteiger charge is 2.14. The Hall–Kier alpha value is -2.41. The first-order valence-electron chi connectivity index (χ1n) is 6.63. The summed E-state index contributed by atoms with van der Waals surface area (Å²) in [4.78, 5) is 17.3. The predicted molar refractivity (Wildman–Crippen MR) is 88.0 cm³/mol. The molecule has 1 aromatic carbocycles. The fourth-order valence-corrected chi connectivity index (χ4v) is 2.43. The van der Waals surface area contributed by atoms with Gasteiger partial charge >= 0.3 is 6.09 Å². The maximum atomic E-state index is 11.2. The summed E-state index contributed by atoms with van der Waals surface area (Å²) in [5.41, 5.74) is 6.54. The molecule has 0 aliphatic rings. The Morgan fingerprint density at radius 2 is 2.09 bits per heavy atom. The lowest BCUT2D eigenvalue weighted by Gasteiger charge is -2.16. The number of thioether (sulfide) groups is 1. The molecular weight excluding hydrogens is 302 g/mol. The van der Waals surface area contributed by atoms with Crippen LogP contribution in [0.5, 0.6) is 11.5 Å². The molecule has 0 spiro atoms. The number of anilines is 2. The normalized spacial score (nSPS) is 10.3. The van der Waals surface area contributed by atoms with Gasteiger partial charge in [-0.3, -0.25) is 4.90 Å². The second-order valence-corrected chi connectivity index (χ2v) is 5.23. The molecule has 2 rings (SSSR count). The van der Waals surface area contributed by atoms with E-state index in [1.165, 1.54) is 18.0 Å².